The van der Waals surface area contributed by atoms with Crippen molar-refractivity contribution < 1.29 is 14.3 Å². The maximum absolute atomic E-state index is 12.7. The molecule has 27 heavy (non-hydrogen) atoms. The Morgan fingerprint density at radius 1 is 1.07 bits per heavy atom. The van der Waals surface area contributed by atoms with E-state index >= 15 is 0 Å². The van der Waals surface area contributed by atoms with E-state index in [1.165, 1.54) is 0 Å². The summed E-state index contributed by atoms with van der Waals surface area (Å²) < 4.78 is 10.7. The van der Waals surface area contributed by atoms with Gasteiger partial charge < -0.3 is 14.4 Å². The number of carbonyl (C=O) groups is 1. The first-order valence-corrected chi connectivity index (χ1v) is 9.12. The summed E-state index contributed by atoms with van der Waals surface area (Å²) in [5.74, 6) is 1.29. The summed E-state index contributed by atoms with van der Waals surface area (Å²) in [6.07, 6.45) is 0. The molecule has 1 amide bonds. The average Bonchev–Trinajstić information content (AvgIpc) is 3.17. The van der Waals surface area contributed by atoms with Gasteiger partial charge in [0.25, 0.3) is 5.91 Å². The summed E-state index contributed by atoms with van der Waals surface area (Å²) in [7, 11) is 0. The number of piperazine rings is 1. The van der Waals surface area contributed by atoms with Crippen molar-refractivity contribution in [3.8, 4) is 17.6 Å². The molecule has 6 nitrogen and oxygen atoms in total. The summed E-state index contributed by atoms with van der Waals surface area (Å²) in [6.45, 7) is 2.53. The average molecular weight is 384 g/mol. The number of nitriles is 1. The lowest BCUT2D eigenvalue weighted by atomic mass is 10.0. The molecule has 2 heterocycles. The van der Waals surface area contributed by atoms with Gasteiger partial charge in [-0.25, -0.2) is 0 Å². The van der Waals surface area contributed by atoms with Crippen molar-refractivity contribution in [1.82, 2.24) is 9.80 Å². The number of nitrogens with zero attached hydrogens (tertiary/aromatic N) is 3. The quantitative estimate of drug-likeness (QED) is 0.814. The van der Waals surface area contributed by atoms with Gasteiger partial charge in [-0.3, -0.25) is 9.69 Å². The Kier molecular flexibility index (Phi) is 4.88. The van der Waals surface area contributed by atoms with Crippen LogP contribution in [0.25, 0.3) is 0 Å². The van der Waals surface area contributed by atoms with Gasteiger partial charge in [0, 0.05) is 26.2 Å². The zero-order chi connectivity index (χ0) is 18.8. The molecule has 4 rings (SSSR count). The lowest BCUT2D eigenvalue weighted by molar-refractivity contribution is 0.0606. The Labute approximate surface area is 162 Å². The Morgan fingerprint density at radius 3 is 2.56 bits per heavy atom. The minimum atomic E-state index is -0.392. The van der Waals surface area contributed by atoms with Gasteiger partial charge >= 0.3 is 0 Å². The van der Waals surface area contributed by atoms with Crippen LogP contribution >= 0.6 is 11.6 Å². The molecule has 2 aliphatic rings. The summed E-state index contributed by atoms with van der Waals surface area (Å²) in [4.78, 5) is 16.6. The number of fused-ring (bicyclic) bond motifs is 1. The van der Waals surface area contributed by atoms with Crippen LogP contribution in [0.1, 0.15) is 22.0 Å². The zero-order valence-electron chi connectivity index (χ0n) is 14.6. The van der Waals surface area contributed by atoms with Gasteiger partial charge in [-0.1, -0.05) is 29.8 Å². The molecular formula is C20H18ClN3O3. The highest BCUT2D eigenvalue weighted by atomic mass is 35.5. The van der Waals surface area contributed by atoms with E-state index in [0.29, 0.717) is 48.3 Å². The van der Waals surface area contributed by atoms with E-state index in [9.17, 15) is 10.1 Å². The van der Waals surface area contributed by atoms with Crippen molar-refractivity contribution in [2.75, 3.05) is 33.0 Å². The first-order chi connectivity index (χ1) is 13.2. The molecule has 138 valence electrons. The highest BCUT2D eigenvalue weighted by Crippen LogP contribution is 2.35. The molecule has 0 aromatic heterocycles. The van der Waals surface area contributed by atoms with E-state index in [4.69, 9.17) is 21.1 Å². The molecule has 1 saturated heterocycles. The lowest BCUT2D eigenvalue weighted by Crippen LogP contribution is -2.49. The fraction of sp³-hybridized carbons (Fsp3) is 0.300. The largest absolute Gasteiger partial charge is 0.454 e. The van der Waals surface area contributed by atoms with Gasteiger partial charge in [0.2, 0.25) is 6.79 Å². The SMILES string of the molecule is N#CC(c1ccc2c(c1)OCO2)N1CCN(C(=O)c2ccccc2Cl)CC1. The van der Waals surface area contributed by atoms with E-state index in [1.807, 2.05) is 18.2 Å². The van der Waals surface area contributed by atoms with E-state index < -0.39 is 6.04 Å². The van der Waals surface area contributed by atoms with Crippen LogP contribution in [0.15, 0.2) is 42.5 Å². The number of ether oxygens (including phenoxy) is 2. The van der Waals surface area contributed by atoms with Gasteiger partial charge in [0.05, 0.1) is 16.7 Å². The third-order valence-electron chi connectivity index (χ3n) is 4.91. The number of hydrogen-bond acceptors (Lipinski definition) is 5. The number of carbonyl (C=O) groups excluding carboxylic acids is 1. The normalized spacial score (nSPS) is 17.4. The fourth-order valence-corrected chi connectivity index (χ4v) is 3.65. The minimum absolute atomic E-state index is 0.0724. The molecular weight excluding hydrogens is 366 g/mol. The molecule has 2 aromatic rings. The van der Waals surface area contributed by atoms with Crippen LogP contribution in [0.4, 0.5) is 0 Å². The predicted molar refractivity (Wildman–Crippen MR) is 99.8 cm³/mol. The molecule has 0 saturated carbocycles. The van der Waals surface area contributed by atoms with Crippen molar-refractivity contribution >= 4 is 17.5 Å². The Bertz CT molecular complexity index is 904. The molecule has 0 spiro atoms. The van der Waals surface area contributed by atoms with Gasteiger partial charge in [-0.05, 0) is 29.8 Å². The van der Waals surface area contributed by atoms with Gasteiger partial charge in [0.15, 0.2) is 11.5 Å². The maximum atomic E-state index is 12.7. The number of amides is 1. The Hall–Kier alpha value is -2.75. The molecule has 0 radical (unpaired) electrons. The summed E-state index contributed by atoms with van der Waals surface area (Å²) >= 11 is 6.14. The third kappa shape index (κ3) is 3.44. The second kappa shape index (κ2) is 7.47. The van der Waals surface area contributed by atoms with Crippen LogP contribution in [0, 0.1) is 11.3 Å². The van der Waals surface area contributed by atoms with Crippen molar-refractivity contribution in [2.45, 2.75) is 6.04 Å². The van der Waals surface area contributed by atoms with Crippen LogP contribution in [-0.4, -0.2) is 48.7 Å². The van der Waals surface area contributed by atoms with Crippen LogP contribution in [0.2, 0.25) is 5.02 Å². The summed E-state index contributed by atoms with van der Waals surface area (Å²) in [5.41, 5.74) is 1.38. The number of halogens is 1. The molecule has 1 unspecified atom stereocenters. The van der Waals surface area contributed by atoms with E-state index in [2.05, 4.69) is 11.0 Å². The first kappa shape index (κ1) is 17.7. The minimum Gasteiger partial charge on any atom is -0.454 e. The number of benzene rings is 2. The van der Waals surface area contributed by atoms with Gasteiger partial charge in [-0.2, -0.15) is 5.26 Å². The van der Waals surface area contributed by atoms with E-state index in [-0.39, 0.29) is 12.7 Å². The van der Waals surface area contributed by atoms with Crippen molar-refractivity contribution in [3.05, 3.63) is 58.6 Å². The maximum Gasteiger partial charge on any atom is 0.255 e. The smallest absolute Gasteiger partial charge is 0.255 e. The van der Waals surface area contributed by atoms with Crippen molar-refractivity contribution in [3.63, 3.8) is 0 Å². The second-order valence-electron chi connectivity index (χ2n) is 6.45. The van der Waals surface area contributed by atoms with E-state index in [0.717, 1.165) is 5.56 Å². The van der Waals surface area contributed by atoms with Crippen LogP contribution in [0.5, 0.6) is 11.5 Å². The number of rotatable bonds is 3. The van der Waals surface area contributed by atoms with Crippen molar-refractivity contribution in [1.29, 1.82) is 5.26 Å². The van der Waals surface area contributed by atoms with Crippen molar-refractivity contribution in [2.24, 2.45) is 0 Å². The monoisotopic (exact) mass is 383 g/mol. The van der Waals surface area contributed by atoms with E-state index in [1.54, 1.807) is 29.2 Å². The molecule has 0 aliphatic carbocycles. The van der Waals surface area contributed by atoms with Gasteiger partial charge in [-0.15, -0.1) is 0 Å². The lowest BCUT2D eigenvalue weighted by Gasteiger charge is -2.37. The molecule has 2 aliphatic heterocycles. The number of hydrogen-bond donors (Lipinski definition) is 0. The topological polar surface area (TPSA) is 65.8 Å². The third-order valence-corrected chi connectivity index (χ3v) is 5.24. The predicted octanol–water partition coefficient (Wildman–Crippen LogP) is 3.09. The molecule has 2 aromatic carbocycles. The zero-order valence-corrected chi connectivity index (χ0v) is 15.4. The first-order valence-electron chi connectivity index (χ1n) is 8.74. The van der Waals surface area contributed by atoms with Gasteiger partial charge in [0.1, 0.15) is 6.04 Å². The summed E-state index contributed by atoms with van der Waals surface area (Å²) in [5, 5.41) is 10.2. The second-order valence-corrected chi connectivity index (χ2v) is 6.86. The molecule has 1 atom stereocenters. The molecule has 1 fully saturated rings. The highest BCUT2D eigenvalue weighted by molar-refractivity contribution is 6.33. The molecule has 0 N–H and O–H groups in total. The highest BCUT2D eigenvalue weighted by Gasteiger charge is 2.29. The summed E-state index contributed by atoms with van der Waals surface area (Å²) in [6, 6.07) is 14.6. The molecule has 0 bridgehead atoms. The van der Waals surface area contributed by atoms with Crippen LogP contribution in [-0.2, 0) is 0 Å². The van der Waals surface area contributed by atoms with Crippen LogP contribution in [0.3, 0.4) is 0 Å². The Balaban J connectivity index is 1.44. The molecule has 7 heteroatoms. The van der Waals surface area contributed by atoms with Crippen LogP contribution < -0.4 is 9.47 Å². The fourth-order valence-electron chi connectivity index (χ4n) is 3.44. The standard InChI is InChI=1S/C20H18ClN3O3/c21-16-4-2-1-3-15(16)20(25)24-9-7-23(8-10-24)17(12-22)14-5-6-18-19(11-14)27-13-26-18/h1-6,11,17H,7-10,13H2. The Morgan fingerprint density at radius 2 is 1.81 bits per heavy atom.